The number of aliphatic hydroxyl groups is 2. The van der Waals surface area contributed by atoms with Crippen LogP contribution in [0.2, 0.25) is 0 Å². The van der Waals surface area contributed by atoms with E-state index in [9.17, 15) is 19.8 Å². The fourth-order valence-corrected chi connectivity index (χ4v) is 10.1. The molecule has 0 aromatic heterocycles. The minimum absolute atomic E-state index is 0.0194. The van der Waals surface area contributed by atoms with Gasteiger partial charge in [-0.2, -0.15) is 0 Å². The van der Waals surface area contributed by atoms with E-state index in [0.717, 1.165) is 37.7 Å². The number of ether oxygens (including phenoxy) is 2. The summed E-state index contributed by atoms with van der Waals surface area (Å²) in [5, 5.41) is 20.5. The Labute approximate surface area is 208 Å². The van der Waals surface area contributed by atoms with E-state index >= 15 is 0 Å². The number of carbonyl (C=O) groups is 2. The van der Waals surface area contributed by atoms with Gasteiger partial charge in [-0.1, -0.05) is 18.6 Å². The fraction of sp³-hybridized carbons (Fsp3) is 0.793. The summed E-state index contributed by atoms with van der Waals surface area (Å²) in [5.41, 5.74) is 0.0380. The Morgan fingerprint density at radius 3 is 2.66 bits per heavy atom. The van der Waals surface area contributed by atoms with Crippen molar-refractivity contribution in [1.82, 2.24) is 0 Å². The number of Topliss-reactive ketones (excluding diaryl/α,β-unsaturated/α-hetero) is 1. The standard InChI is InChI=1S/C29H40O6/c1-5-28-11-10-20-17(13-25-29(35-25)24(32)9-8-23(31)27(20,29)4)21(28)7-6-19(28)16(3)22-12-15(2)18(14-30)26(33)34-22/h5,16-17,19-22,24-25,30,32H,1,6-14H2,2-4H3. The Morgan fingerprint density at radius 2 is 1.97 bits per heavy atom. The number of ketones is 1. The molecule has 2 heterocycles. The third kappa shape index (κ3) is 2.82. The summed E-state index contributed by atoms with van der Waals surface area (Å²) in [6.45, 7) is 10.3. The number of esters is 1. The second-order valence-corrected chi connectivity index (χ2v) is 12.7. The van der Waals surface area contributed by atoms with E-state index in [4.69, 9.17) is 9.47 Å². The second kappa shape index (κ2) is 7.75. The predicted molar refractivity (Wildman–Crippen MR) is 129 cm³/mol. The number of epoxide rings is 1. The zero-order valence-electron chi connectivity index (χ0n) is 21.3. The van der Waals surface area contributed by atoms with E-state index in [1.807, 2.05) is 6.92 Å². The monoisotopic (exact) mass is 484 g/mol. The number of rotatable bonds is 4. The van der Waals surface area contributed by atoms with Gasteiger partial charge in [-0.25, -0.2) is 4.79 Å². The Hall–Kier alpha value is -1.50. The van der Waals surface area contributed by atoms with Gasteiger partial charge in [0.25, 0.3) is 0 Å². The molecule has 4 aliphatic carbocycles. The number of hydrogen-bond acceptors (Lipinski definition) is 6. The first-order valence-corrected chi connectivity index (χ1v) is 13.7. The molecule has 11 atom stereocenters. The van der Waals surface area contributed by atoms with Crippen LogP contribution in [0.4, 0.5) is 0 Å². The molecular formula is C29H40O6. The van der Waals surface area contributed by atoms with Crippen molar-refractivity contribution in [3.63, 3.8) is 0 Å². The molecular weight excluding hydrogens is 444 g/mol. The number of carbonyl (C=O) groups excluding carboxylic acids is 2. The third-order valence-corrected chi connectivity index (χ3v) is 11.9. The quantitative estimate of drug-likeness (QED) is 0.359. The van der Waals surface area contributed by atoms with Crippen molar-refractivity contribution in [2.24, 2.45) is 40.4 Å². The lowest BCUT2D eigenvalue weighted by Crippen LogP contribution is -2.65. The zero-order chi connectivity index (χ0) is 24.9. The van der Waals surface area contributed by atoms with E-state index < -0.39 is 17.1 Å². The maximum atomic E-state index is 13.4. The molecule has 192 valence electrons. The molecule has 0 aromatic carbocycles. The molecule has 6 rings (SSSR count). The van der Waals surface area contributed by atoms with Gasteiger partial charge in [-0.15, -0.1) is 6.58 Å². The minimum Gasteiger partial charge on any atom is -0.458 e. The molecule has 4 saturated carbocycles. The highest BCUT2D eigenvalue weighted by atomic mass is 16.6. The van der Waals surface area contributed by atoms with E-state index in [1.54, 1.807) is 0 Å². The molecule has 1 spiro atoms. The molecule has 0 amide bonds. The number of aliphatic hydroxyl groups excluding tert-OH is 2. The smallest absolute Gasteiger partial charge is 0.336 e. The number of allylic oxidation sites excluding steroid dienone is 1. The highest BCUT2D eigenvalue weighted by Crippen LogP contribution is 2.74. The molecule has 0 radical (unpaired) electrons. The van der Waals surface area contributed by atoms with Gasteiger partial charge in [0, 0.05) is 12.8 Å². The normalized spacial score (nSPS) is 51.5. The van der Waals surface area contributed by atoms with Crippen molar-refractivity contribution >= 4 is 11.8 Å². The van der Waals surface area contributed by atoms with Crippen LogP contribution in [0, 0.1) is 40.4 Å². The molecule has 6 nitrogen and oxygen atoms in total. The minimum atomic E-state index is -0.659. The zero-order valence-corrected chi connectivity index (χ0v) is 21.3. The lowest BCUT2D eigenvalue weighted by atomic mass is 9.43. The molecule has 6 aliphatic rings. The highest BCUT2D eigenvalue weighted by Gasteiger charge is 2.80. The summed E-state index contributed by atoms with van der Waals surface area (Å²) in [4.78, 5) is 26.0. The number of cyclic esters (lactones) is 1. The summed E-state index contributed by atoms with van der Waals surface area (Å²) in [6, 6.07) is 0. The summed E-state index contributed by atoms with van der Waals surface area (Å²) in [5.74, 6) is 1.50. The van der Waals surface area contributed by atoms with E-state index in [1.165, 1.54) is 0 Å². The average Bonchev–Trinajstić information content (AvgIpc) is 3.45. The van der Waals surface area contributed by atoms with Crippen molar-refractivity contribution in [3.8, 4) is 0 Å². The van der Waals surface area contributed by atoms with E-state index in [2.05, 4.69) is 26.5 Å². The van der Waals surface area contributed by atoms with Crippen LogP contribution < -0.4 is 0 Å². The molecule has 2 aliphatic heterocycles. The van der Waals surface area contributed by atoms with Gasteiger partial charge in [0.15, 0.2) is 0 Å². The summed E-state index contributed by atoms with van der Waals surface area (Å²) >= 11 is 0. The average molecular weight is 485 g/mol. The first-order valence-electron chi connectivity index (χ1n) is 13.7. The van der Waals surface area contributed by atoms with Crippen molar-refractivity contribution < 1.29 is 29.3 Å². The van der Waals surface area contributed by atoms with Gasteiger partial charge in [0.05, 0.1) is 29.8 Å². The Morgan fingerprint density at radius 1 is 1.20 bits per heavy atom. The van der Waals surface area contributed by atoms with Gasteiger partial charge in [-0.3, -0.25) is 4.79 Å². The number of fused-ring (bicyclic) bond motifs is 4. The maximum absolute atomic E-state index is 13.4. The van der Waals surface area contributed by atoms with Crippen molar-refractivity contribution in [2.45, 2.75) is 96.1 Å². The third-order valence-electron chi connectivity index (χ3n) is 11.9. The van der Waals surface area contributed by atoms with Gasteiger partial charge in [-0.05, 0) is 87.4 Å². The summed E-state index contributed by atoms with van der Waals surface area (Å²) < 4.78 is 12.2. The Bertz CT molecular complexity index is 1000. The van der Waals surface area contributed by atoms with Crippen LogP contribution in [-0.2, 0) is 19.1 Å². The van der Waals surface area contributed by atoms with E-state index in [-0.39, 0.29) is 47.8 Å². The van der Waals surface area contributed by atoms with Crippen LogP contribution >= 0.6 is 0 Å². The first kappa shape index (κ1) is 23.9. The van der Waals surface area contributed by atoms with Crippen LogP contribution in [-0.4, -0.2) is 52.5 Å². The van der Waals surface area contributed by atoms with Crippen LogP contribution in [0.1, 0.15) is 72.1 Å². The fourth-order valence-electron chi connectivity index (χ4n) is 10.1. The van der Waals surface area contributed by atoms with E-state index in [0.29, 0.717) is 42.6 Å². The van der Waals surface area contributed by atoms with Gasteiger partial charge < -0.3 is 19.7 Å². The van der Waals surface area contributed by atoms with Crippen LogP contribution in [0.3, 0.4) is 0 Å². The molecule has 5 fully saturated rings. The molecule has 35 heavy (non-hydrogen) atoms. The second-order valence-electron chi connectivity index (χ2n) is 12.7. The van der Waals surface area contributed by atoms with Gasteiger partial charge in [0.2, 0.25) is 0 Å². The van der Waals surface area contributed by atoms with Crippen LogP contribution in [0.5, 0.6) is 0 Å². The largest absolute Gasteiger partial charge is 0.458 e. The van der Waals surface area contributed by atoms with Crippen molar-refractivity contribution in [3.05, 3.63) is 23.8 Å². The molecule has 6 heteroatoms. The first-order chi connectivity index (χ1) is 16.7. The molecule has 0 aromatic rings. The molecule has 0 bridgehead atoms. The predicted octanol–water partition coefficient (Wildman–Crippen LogP) is 3.74. The van der Waals surface area contributed by atoms with Crippen LogP contribution in [0.15, 0.2) is 23.8 Å². The van der Waals surface area contributed by atoms with Crippen LogP contribution in [0.25, 0.3) is 0 Å². The molecule has 11 unspecified atom stereocenters. The molecule has 2 N–H and O–H groups in total. The Kier molecular flexibility index (Phi) is 5.29. The number of hydrogen-bond donors (Lipinski definition) is 2. The summed E-state index contributed by atoms with van der Waals surface area (Å²) in [6.07, 6.45) is 8.10. The van der Waals surface area contributed by atoms with Gasteiger partial charge >= 0.3 is 5.97 Å². The lowest BCUT2D eigenvalue weighted by molar-refractivity contribution is -0.164. The van der Waals surface area contributed by atoms with Crippen molar-refractivity contribution in [2.75, 3.05) is 6.61 Å². The molecule has 1 saturated heterocycles. The SMILES string of the molecule is C=CC12CCC3C(CC4OC45C(O)CCC(=O)C35C)C1CCC2C(C)C1CC(C)=C(CO)C(=O)O1. The van der Waals surface area contributed by atoms with Gasteiger partial charge in [0.1, 0.15) is 17.5 Å². The highest BCUT2D eigenvalue weighted by molar-refractivity contribution is 5.90. The maximum Gasteiger partial charge on any atom is 0.336 e. The topological polar surface area (TPSA) is 96.4 Å². The van der Waals surface area contributed by atoms with Crippen molar-refractivity contribution in [1.29, 1.82) is 0 Å². The Balaban J connectivity index is 1.29. The lowest BCUT2D eigenvalue weighted by Gasteiger charge is -2.59. The summed E-state index contributed by atoms with van der Waals surface area (Å²) in [7, 11) is 0.